The predicted molar refractivity (Wildman–Crippen MR) is 102 cm³/mol. The molecule has 4 nitrogen and oxygen atoms in total. The number of nitrogens with zero attached hydrogens (tertiary/aromatic N) is 1. The van der Waals surface area contributed by atoms with E-state index in [2.05, 4.69) is 5.32 Å². The zero-order valence-corrected chi connectivity index (χ0v) is 15.4. The Morgan fingerprint density at radius 2 is 1.81 bits per heavy atom. The summed E-state index contributed by atoms with van der Waals surface area (Å²) in [5.41, 5.74) is 1.73. The number of halogens is 1. The molecule has 1 aliphatic heterocycles. The highest BCUT2D eigenvalue weighted by molar-refractivity contribution is 5.90. The van der Waals surface area contributed by atoms with Gasteiger partial charge in [0.2, 0.25) is 11.8 Å². The lowest BCUT2D eigenvalue weighted by Gasteiger charge is -2.24. The monoisotopic (exact) mass is 368 g/mol. The van der Waals surface area contributed by atoms with Crippen molar-refractivity contribution in [2.75, 3.05) is 6.54 Å². The molecular weight excluding hydrogens is 343 g/mol. The van der Waals surface area contributed by atoms with Crippen LogP contribution < -0.4 is 5.32 Å². The Bertz CT molecular complexity index is 779. The van der Waals surface area contributed by atoms with Gasteiger partial charge in [-0.1, -0.05) is 48.5 Å². The van der Waals surface area contributed by atoms with Gasteiger partial charge in [-0.3, -0.25) is 9.59 Å². The summed E-state index contributed by atoms with van der Waals surface area (Å²) >= 11 is 0. The number of unbranched alkanes of at least 4 members (excludes halogenated alkanes) is 1. The second kappa shape index (κ2) is 9.31. The molecule has 3 rings (SSSR count). The average Bonchev–Trinajstić information content (AvgIpc) is 3.04. The van der Waals surface area contributed by atoms with E-state index in [1.807, 2.05) is 36.4 Å². The van der Waals surface area contributed by atoms with Gasteiger partial charge in [0.05, 0.1) is 0 Å². The smallest absolute Gasteiger partial charge is 0.242 e. The number of nitrogens with one attached hydrogen (secondary N) is 1. The van der Waals surface area contributed by atoms with Crippen LogP contribution in [0.3, 0.4) is 0 Å². The van der Waals surface area contributed by atoms with Gasteiger partial charge < -0.3 is 10.2 Å². The van der Waals surface area contributed by atoms with Crippen molar-refractivity contribution in [1.82, 2.24) is 10.2 Å². The SMILES string of the molecule is O=C(NCCCCc1ccccc1F)C1CCC(=O)N1Cc1ccccc1. The molecule has 1 saturated heterocycles. The topological polar surface area (TPSA) is 49.4 Å². The van der Waals surface area contributed by atoms with Crippen molar-refractivity contribution in [2.45, 2.75) is 44.7 Å². The fraction of sp³-hybridized carbons (Fsp3) is 0.364. The Morgan fingerprint density at radius 1 is 1.07 bits per heavy atom. The molecule has 1 N–H and O–H groups in total. The number of hydrogen-bond donors (Lipinski definition) is 1. The van der Waals surface area contributed by atoms with Gasteiger partial charge in [-0.05, 0) is 42.9 Å². The highest BCUT2D eigenvalue weighted by atomic mass is 19.1. The molecule has 1 aliphatic rings. The number of aryl methyl sites for hydroxylation is 1. The van der Waals surface area contributed by atoms with Crippen LogP contribution in [0.5, 0.6) is 0 Å². The van der Waals surface area contributed by atoms with Crippen LogP contribution in [0.15, 0.2) is 54.6 Å². The molecule has 1 atom stereocenters. The van der Waals surface area contributed by atoms with Crippen LogP contribution in [0, 0.1) is 5.82 Å². The van der Waals surface area contributed by atoms with E-state index >= 15 is 0 Å². The molecule has 0 saturated carbocycles. The molecule has 142 valence electrons. The van der Waals surface area contributed by atoms with E-state index in [4.69, 9.17) is 0 Å². The van der Waals surface area contributed by atoms with Gasteiger partial charge in [0, 0.05) is 19.5 Å². The normalized spacial score (nSPS) is 16.6. The Balaban J connectivity index is 1.44. The van der Waals surface area contributed by atoms with Crippen LogP contribution in [0.1, 0.15) is 36.8 Å². The number of benzene rings is 2. The molecule has 0 bridgehead atoms. The summed E-state index contributed by atoms with van der Waals surface area (Å²) in [5, 5.41) is 2.94. The molecule has 1 unspecified atom stereocenters. The van der Waals surface area contributed by atoms with E-state index in [0.29, 0.717) is 37.9 Å². The molecule has 0 aromatic heterocycles. The van der Waals surface area contributed by atoms with Crippen LogP contribution in [-0.2, 0) is 22.6 Å². The second-order valence-electron chi connectivity index (χ2n) is 6.90. The van der Waals surface area contributed by atoms with Gasteiger partial charge in [-0.25, -0.2) is 4.39 Å². The molecule has 0 radical (unpaired) electrons. The summed E-state index contributed by atoms with van der Waals surface area (Å²) in [6.45, 7) is 1.00. The quantitative estimate of drug-likeness (QED) is 0.726. The average molecular weight is 368 g/mol. The van der Waals surface area contributed by atoms with Crippen LogP contribution in [0.4, 0.5) is 4.39 Å². The predicted octanol–water partition coefficient (Wildman–Crippen LogP) is 3.46. The van der Waals surface area contributed by atoms with Crippen LogP contribution in [0.25, 0.3) is 0 Å². The van der Waals surface area contributed by atoms with Gasteiger partial charge in [0.25, 0.3) is 0 Å². The number of hydrogen-bond acceptors (Lipinski definition) is 2. The molecule has 2 aromatic rings. The van der Waals surface area contributed by atoms with Gasteiger partial charge in [-0.15, -0.1) is 0 Å². The Hall–Kier alpha value is -2.69. The minimum atomic E-state index is -0.399. The van der Waals surface area contributed by atoms with Crippen molar-refractivity contribution in [1.29, 1.82) is 0 Å². The largest absolute Gasteiger partial charge is 0.354 e. The highest BCUT2D eigenvalue weighted by Gasteiger charge is 2.35. The van der Waals surface area contributed by atoms with E-state index in [9.17, 15) is 14.0 Å². The van der Waals surface area contributed by atoms with Gasteiger partial charge in [-0.2, -0.15) is 0 Å². The summed E-state index contributed by atoms with van der Waals surface area (Å²) in [6, 6.07) is 16.1. The maximum atomic E-state index is 13.6. The molecule has 2 amide bonds. The molecule has 2 aromatic carbocycles. The minimum absolute atomic E-state index is 0.0264. The van der Waals surface area contributed by atoms with E-state index < -0.39 is 6.04 Å². The Morgan fingerprint density at radius 3 is 2.59 bits per heavy atom. The Labute approximate surface area is 159 Å². The van der Waals surface area contributed by atoms with Gasteiger partial charge >= 0.3 is 0 Å². The molecule has 0 spiro atoms. The number of carbonyl (C=O) groups is 2. The minimum Gasteiger partial charge on any atom is -0.354 e. The van der Waals surface area contributed by atoms with Gasteiger partial charge in [0.15, 0.2) is 0 Å². The van der Waals surface area contributed by atoms with Gasteiger partial charge in [0.1, 0.15) is 11.9 Å². The molecule has 0 aliphatic carbocycles. The van der Waals surface area contributed by atoms with E-state index in [1.54, 1.807) is 17.0 Å². The third-order valence-electron chi connectivity index (χ3n) is 4.96. The first-order valence-corrected chi connectivity index (χ1v) is 9.49. The molecule has 5 heteroatoms. The first-order valence-electron chi connectivity index (χ1n) is 9.49. The summed E-state index contributed by atoms with van der Waals surface area (Å²) in [7, 11) is 0. The van der Waals surface area contributed by atoms with Crippen molar-refractivity contribution in [3.63, 3.8) is 0 Å². The molecule has 27 heavy (non-hydrogen) atoms. The van der Waals surface area contributed by atoms with E-state index in [0.717, 1.165) is 18.4 Å². The lowest BCUT2D eigenvalue weighted by molar-refractivity contribution is -0.135. The zero-order valence-electron chi connectivity index (χ0n) is 15.4. The number of rotatable bonds is 8. The maximum Gasteiger partial charge on any atom is 0.242 e. The maximum absolute atomic E-state index is 13.6. The second-order valence-corrected chi connectivity index (χ2v) is 6.90. The van der Waals surface area contributed by atoms with Crippen molar-refractivity contribution < 1.29 is 14.0 Å². The lowest BCUT2D eigenvalue weighted by Crippen LogP contribution is -2.44. The third-order valence-corrected chi connectivity index (χ3v) is 4.96. The first-order chi connectivity index (χ1) is 13.1. The first kappa shape index (κ1) is 19.1. The summed E-state index contributed by atoms with van der Waals surface area (Å²) in [5.74, 6) is -0.246. The standard InChI is InChI=1S/C22H25FN2O2/c23-19-12-5-4-10-18(19)11-6-7-15-24-22(27)20-13-14-21(26)25(20)16-17-8-2-1-3-9-17/h1-5,8-10,12,20H,6-7,11,13-16H2,(H,24,27). The summed E-state index contributed by atoms with van der Waals surface area (Å²) < 4.78 is 13.6. The van der Waals surface area contributed by atoms with Crippen molar-refractivity contribution in [2.24, 2.45) is 0 Å². The van der Waals surface area contributed by atoms with E-state index in [1.165, 1.54) is 6.07 Å². The molecule has 1 fully saturated rings. The molecular formula is C22H25FN2O2. The van der Waals surface area contributed by atoms with Crippen LogP contribution in [0.2, 0.25) is 0 Å². The third kappa shape index (κ3) is 5.16. The fourth-order valence-corrected chi connectivity index (χ4v) is 3.46. The molecule has 1 heterocycles. The van der Waals surface area contributed by atoms with Crippen LogP contribution in [-0.4, -0.2) is 29.3 Å². The Kier molecular flexibility index (Phi) is 6.58. The highest BCUT2D eigenvalue weighted by Crippen LogP contribution is 2.21. The van der Waals surface area contributed by atoms with Crippen molar-refractivity contribution >= 4 is 11.8 Å². The lowest BCUT2D eigenvalue weighted by atomic mass is 10.1. The van der Waals surface area contributed by atoms with Crippen molar-refractivity contribution in [3.8, 4) is 0 Å². The summed E-state index contributed by atoms with van der Waals surface area (Å²) in [6.07, 6.45) is 3.22. The fourth-order valence-electron chi connectivity index (χ4n) is 3.46. The van der Waals surface area contributed by atoms with E-state index in [-0.39, 0.29) is 17.6 Å². The number of amides is 2. The van der Waals surface area contributed by atoms with Crippen LogP contribution >= 0.6 is 0 Å². The zero-order chi connectivity index (χ0) is 19.1. The number of likely N-dealkylation sites (tertiary alicyclic amines) is 1. The number of carbonyl (C=O) groups excluding carboxylic acids is 2. The summed E-state index contributed by atoms with van der Waals surface area (Å²) in [4.78, 5) is 26.4. The van der Waals surface area contributed by atoms with Crippen molar-refractivity contribution in [3.05, 3.63) is 71.5 Å².